The monoisotopic (exact) mass is 550 g/mol. The molecule has 0 radical (unpaired) electrons. The van der Waals surface area contributed by atoms with Crippen LogP contribution in [0.4, 0.5) is 0 Å². The van der Waals surface area contributed by atoms with Crippen molar-refractivity contribution < 1.29 is 10.2 Å². The second-order valence-electron chi connectivity index (χ2n) is 14.4. The first-order chi connectivity index (χ1) is 18.7. The molecular weight excluding hydrogens is 500 g/mol. The molecule has 11 atom stereocenters. The average molecular weight is 551 g/mol. The number of hydrogen-bond donors (Lipinski definition) is 2. The van der Waals surface area contributed by atoms with Gasteiger partial charge in [-0.3, -0.25) is 0 Å². The number of rotatable bonds is 7. The summed E-state index contributed by atoms with van der Waals surface area (Å²) < 4.78 is 0. The maximum absolute atomic E-state index is 12.0. The van der Waals surface area contributed by atoms with Crippen LogP contribution in [0.3, 0.4) is 0 Å². The molecule has 0 saturated heterocycles. The maximum atomic E-state index is 12.0. The quantitative estimate of drug-likeness (QED) is 0.379. The summed E-state index contributed by atoms with van der Waals surface area (Å²) in [5, 5.41) is 33.9. The van der Waals surface area contributed by atoms with Crippen LogP contribution in [0.5, 0.6) is 0 Å². The minimum Gasteiger partial charge on any atom is -0.393 e. The Balaban J connectivity index is 1.14. The van der Waals surface area contributed by atoms with Gasteiger partial charge in [-0.05, 0) is 109 Å². The summed E-state index contributed by atoms with van der Waals surface area (Å²) in [4.78, 5) is 0. The van der Waals surface area contributed by atoms with E-state index in [4.69, 9.17) is 0 Å². The standard InChI is InChI=1S/C34H50N2O2S/c1-5-24-28-20-23(37)15-17-34(28,4)27-16-18-33(3)25(12-13-26(33)31(27)32(24)38)21(2)11-14-29-35-36-30(39-29)19-22-9-7-6-8-10-22/h6-10,21,23-28,31-32,37-38H,5,11-20H2,1-4H3/t21-,23-,24-,25-,26+,27+,28+,31+,32-,33-,34-/m1/s1. The molecule has 0 amide bonds. The van der Waals surface area contributed by atoms with Crippen molar-refractivity contribution >= 4 is 11.3 Å². The summed E-state index contributed by atoms with van der Waals surface area (Å²) >= 11 is 1.79. The fraction of sp³-hybridized carbons (Fsp3) is 0.765. The smallest absolute Gasteiger partial charge is 0.121 e. The molecule has 0 unspecified atom stereocenters. The minimum absolute atomic E-state index is 0.172. The van der Waals surface area contributed by atoms with E-state index in [9.17, 15) is 10.2 Å². The Bertz CT molecular complexity index is 1120. The lowest BCUT2D eigenvalue weighted by Crippen LogP contribution is -2.62. The van der Waals surface area contributed by atoms with Crippen LogP contribution in [0.25, 0.3) is 0 Å². The van der Waals surface area contributed by atoms with Gasteiger partial charge in [-0.2, -0.15) is 0 Å². The lowest BCUT2D eigenvalue weighted by atomic mass is 9.41. The summed E-state index contributed by atoms with van der Waals surface area (Å²) in [5.74, 6) is 3.89. The molecule has 39 heavy (non-hydrogen) atoms. The molecule has 4 fully saturated rings. The fourth-order valence-electron chi connectivity index (χ4n) is 10.7. The van der Waals surface area contributed by atoms with E-state index in [1.807, 2.05) is 0 Å². The molecular formula is C34H50N2O2S. The Labute approximate surface area is 240 Å². The minimum atomic E-state index is -0.202. The van der Waals surface area contributed by atoms with Crippen LogP contribution in [-0.2, 0) is 12.8 Å². The molecule has 214 valence electrons. The Hall–Kier alpha value is -1.30. The second-order valence-corrected chi connectivity index (χ2v) is 15.5. The highest BCUT2D eigenvalue weighted by molar-refractivity contribution is 7.11. The number of aliphatic hydroxyl groups is 2. The molecule has 6 rings (SSSR count). The average Bonchev–Trinajstić information content (AvgIpc) is 3.52. The van der Waals surface area contributed by atoms with Crippen LogP contribution in [0, 0.1) is 52.3 Å². The highest BCUT2D eigenvalue weighted by Crippen LogP contribution is 2.69. The largest absolute Gasteiger partial charge is 0.393 e. The number of aryl methyl sites for hydroxylation is 1. The number of fused-ring (bicyclic) bond motifs is 5. The molecule has 1 aromatic heterocycles. The first-order valence-corrected chi connectivity index (χ1v) is 16.8. The molecule has 1 aromatic carbocycles. The van der Waals surface area contributed by atoms with Crippen molar-refractivity contribution in [2.45, 2.75) is 111 Å². The zero-order valence-electron chi connectivity index (χ0n) is 24.6. The van der Waals surface area contributed by atoms with Crippen molar-refractivity contribution in [3.8, 4) is 0 Å². The Kier molecular flexibility index (Phi) is 7.74. The van der Waals surface area contributed by atoms with E-state index in [0.717, 1.165) is 49.5 Å². The normalized spacial score (nSPS) is 42.4. The van der Waals surface area contributed by atoms with Crippen LogP contribution < -0.4 is 0 Å². The van der Waals surface area contributed by atoms with Crippen molar-refractivity contribution in [2.24, 2.45) is 52.3 Å². The molecule has 1 heterocycles. The van der Waals surface area contributed by atoms with Gasteiger partial charge in [0.2, 0.25) is 0 Å². The molecule has 2 N–H and O–H groups in total. The Morgan fingerprint density at radius 3 is 2.41 bits per heavy atom. The topological polar surface area (TPSA) is 66.2 Å². The first kappa shape index (κ1) is 27.8. The van der Waals surface area contributed by atoms with Crippen LogP contribution in [0.1, 0.15) is 101 Å². The van der Waals surface area contributed by atoms with Gasteiger partial charge in [0.1, 0.15) is 10.0 Å². The van der Waals surface area contributed by atoms with Gasteiger partial charge in [-0.1, -0.05) is 64.4 Å². The lowest BCUT2D eigenvalue weighted by Gasteiger charge is -2.64. The summed E-state index contributed by atoms with van der Waals surface area (Å²) in [6, 6.07) is 10.6. The van der Waals surface area contributed by atoms with Crippen molar-refractivity contribution in [3.63, 3.8) is 0 Å². The Morgan fingerprint density at radius 2 is 1.64 bits per heavy atom. The highest BCUT2D eigenvalue weighted by Gasteiger charge is 2.64. The van der Waals surface area contributed by atoms with Crippen LogP contribution in [0.15, 0.2) is 30.3 Å². The van der Waals surface area contributed by atoms with E-state index in [0.29, 0.717) is 40.9 Å². The van der Waals surface area contributed by atoms with E-state index in [2.05, 4.69) is 68.2 Å². The SMILES string of the molecule is CC[C@H]1[C@@H](O)[C@@H]2[C@H](CC[C@]3(C)[C@@H]([C@H](C)CCc4nnc(Cc5ccccc5)s4)CC[C@@H]23)[C@@]2(C)CC[C@@H](O)C[C@@H]12. The third-order valence-corrected chi connectivity index (χ3v) is 13.7. The summed E-state index contributed by atoms with van der Waals surface area (Å²) in [6.07, 6.45) is 11.9. The highest BCUT2D eigenvalue weighted by atomic mass is 32.1. The van der Waals surface area contributed by atoms with Crippen LogP contribution >= 0.6 is 11.3 Å². The van der Waals surface area contributed by atoms with E-state index >= 15 is 0 Å². The predicted molar refractivity (Wildman–Crippen MR) is 158 cm³/mol. The fourth-order valence-corrected chi connectivity index (χ4v) is 11.6. The number of hydrogen-bond acceptors (Lipinski definition) is 5. The first-order valence-electron chi connectivity index (χ1n) is 16.0. The van der Waals surface area contributed by atoms with Crippen molar-refractivity contribution in [2.75, 3.05) is 0 Å². The van der Waals surface area contributed by atoms with E-state index in [1.54, 1.807) is 11.3 Å². The van der Waals surface area contributed by atoms with Crippen molar-refractivity contribution in [1.29, 1.82) is 0 Å². The van der Waals surface area contributed by atoms with Crippen molar-refractivity contribution in [3.05, 3.63) is 45.9 Å². The maximum Gasteiger partial charge on any atom is 0.121 e. The van der Waals surface area contributed by atoms with E-state index in [1.165, 1.54) is 42.7 Å². The van der Waals surface area contributed by atoms with Crippen molar-refractivity contribution in [1.82, 2.24) is 10.2 Å². The van der Waals surface area contributed by atoms with Gasteiger partial charge in [0.15, 0.2) is 0 Å². The van der Waals surface area contributed by atoms with Crippen LogP contribution in [0.2, 0.25) is 0 Å². The molecule has 0 spiro atoms. The molecule has 4 aliphatic rings. The number of aliphatic hydroxyl groups excluding tert-OH is 2. The third-order valence-electron chi connectivity index (χ3n) is 12.7. The summed E-state index contributed by atoms with van der Waals surface area (Å²) in [7, 11) is 0. The third kappa shape index (κ3) is 4.83. The molecule has 0 aliphatic heterocycles. The van der Waals surface area contributed by atoms with Gasteiger partial charge in [-0.25, -0.2) is 0 Å². The van der Waals surface area contributed by atoms with Gasteiger partial charge < -0.3 is 10.2 Å². The van der Waals surface area contributed by atoms with E-state index in [-0.39, 0.29) is 17.6 Å². The number of benzene rings is 1. The van der Waals surface area contributed by atoms with Crippen LogP contribution in [-0.4, -0.2) is 32.6 Å². The molecule has 4 nitrogen and oxygen atoms in total. The van der Waals surface area contributed by atoms with E-state index < -0.39 is 0 Å². The molecule has 4 saturated carbocycles. The zero-order chi connectivity index (χ0) is 27.4. The lowest BCUT2D eigenvalue weighted by molar-refractivity contribution is -0.203. The molecule has 4 aliphatic carbocycles. The predicted octanol–water partition coefficient (Wildman–Crippen LogP) is 7.32. The second kappa shape index (κ2) is 10.8. The molecule has 2 aromatic rings. The molecule has 5 heteroatoms. The zero-order valence-corrected chi connectivity index (χ0v) is 25.4. The van der Waals surface area contributed by atoms with Gasteiger partial charge in [0, 0.05) is 12.8 Å². The number of nitrogens with zero attached hydrogens (tertiary/aromatic N) is 2. The summed E-state index contributed by atoms with van der Waals surface area (Å²) in [5.41, 5.74) is 1.91. The van der Waals surface area contributed by atoms with Gasteiger partial charge in [0.05, 0.1) is 12.2 Å². The molecule has 0 bridgehead atoms. The number of aromatic nitrogens is 2. The summed E-state index contributed by atoms with van der Waals surface area (Å²) in [6.45, 7) is 9.90. The van der Waals surface area contributed by atoms with Gasteiger partial charge in [-0.15, -0.1) is 21.5 Å². The van der Waals surface area contributed by atoms with Gasteiger partial charge >= 0.3 is 0 Å². The van der Waals surface area contributed by atoms with Gasteiger partial charge in [0.25, 0.3) is 0 Å². The Morgan fingerprint density at radius 1 is 0.923 bits per heavy atom.